The average Bonchev–Trinajstić information content (AvgIpc) is 0.811. The summed E-state index contributed by atoms with van der Waals surface area (Å²) in [6, 6.07) is 0. The van der Waals surface area contributed by atoms with Crippen LogP contribution in [0.3, 0.4) is 0 Å². The van der Waals surface area contributed by atoms with Gasteiger partial charge in [0, 0.05) is 8.80 Å². The Balaban J connectivity index is -0.0000000450. The zero-order valence-electron chi connectivity index (χ0n) is 5.00. The van der Waals surface area contributed by atoms with Crippen LogP contribution in [0.2, 0.25) is 19.6 Å². The molecule has 0 rings (SSSR count). The maximum atomic E-state index is 2.27. The summed E-state index contributed by atoms with van der Waals surface area (Å²) in [7, 11) is 0.120. The Kier molecular flexibility index (Phi) is 24.5. The zero-order valence-corrected chi connectivity index (χ0v) is 7.56. The molecule has 6 heavy (non-hydrogen) atoms. The minimum Gasteiger partial charge on any atom is -0.358 e. The molecule has 0 amide bonds. The topological polar surface area (TPSA) is 0 Å². The SMILES string of the molecule is C[Si](C)C.[CH3-].[Ti+3]. The molecule has 0 heterocycles. The van der Waals surface area contributed by atoms with E-state index < -0.39 is 0 Å². The molecule has 0 aliphatic carbocycles. The molecule has 0 bridgehead atoms. The molecule has 0 saturated carbocycles. The molecule has 2 heteroatoms. The van der Waals surface area contributed by atoms with Gasteiger partial charge in [-0.05, 0) is 0 Å². The van der Waals surface area contributed by atoms with E-state index in [9.17, 15) is 0 Å². The van der Waals surface area contributed by atoms with Gasteiger partial charge in [-0.15, -0.1) is 0 Å². The molecule has 0 aliphatic heterocycles. The summed E-state index contributed by atoms with van der Waals surface area (Å²) in [5, 5.41) is 0. The summed E-state index contributed by atoms with van der Waals surface area (Å²) in [5.74, 6) is 0. The molecule has 0 aromatic heterocycles. The van der Waals surface area contributed by atoms with E-state index in [-0.39, 0.29) is 37.9 Å². The summed E-state index contributed by atoms with van der Waals surface area (Å²) in [6.07, 6.45) is 0. The summed E-state index contributed by atoms with van der Waals surface area (Å²) < 4.78 is 0. The molecule has 0 aliphatic rings. The Bertz CT molecular complexity index is 12.3. The first-order valence-corrected chi connectivity index (χ1v) is 4.50. The number of hydrogen-bond acceptors (Lipinski definition) is 0. The second-order valence-electron chi connectivity index (χ2n) is 1.50. The molecule has 0 unspecified atom stereocenters. The van der Waals surface area contributed by atoms with Crippen molar-refractivity contribution in [1.82, 2.24) is 0 Å². The summed E-state index contributed by atoms with van der Waals surface area (Å²) >= 11 is 0. The molecule has 2 radical (unpaired) electrons. The summed E-state index contributed by atoms with van der Waals surface area (Å²) in [4.78, 5) is 0. The van der Waals surface area contributed by atoms with E-state index in [0.717, 1.165) is 0 Å². The normalized spacial score (nSPS) is 6.00. The molecule has 0 nitrogen and oxygen atoms in total. The van der Waals surface area contributed by atoms with Crippen molar-refractivity contribution in [2.24, 2.45) is 0 Å². The third-order valence-corrected chi connectivity index (χ3v) is 0. The Morgan fingerprint density at radius 2 is 1.00 bits per heavy atom. The van der Waals surface area contributed by atoms with Crippen molar-refractivity contribution >= 4 is 8.80 Å². The summed E-state index contributed by atoms with van der Waals surface area (Å²) in [5.41, 5.74) is 0. The minimum absolute atomic E-state index is 0. The third kappa shape index (κ3) is 87.9. The van der Waals surface area contributed by atoms with Crippen molar-refractivity contribution in [2.75, 3.05) is 0 Å². The predicted octanol–water partition coefficient (Wildman–Crippen LogP) is 1.82. The van der Waals surface area contributed by atoms with Gasteiger partial charge >= 0.3 is 21.7 Å². The molecule has 0 fully saturated rings. The van der Waals surface area contributed by atoms with E-state index in [1.165, 1.54) is 0 Å². The Hall–Kier alpha value is 0.931. The fourth-order valence-corrected chi connectivity index (χ4v) is 0. The van der Waals surface area contributed by atoms with Crippen molar-refractivity contribution in [2.45, 2.75) is 19.6 Å². The average molecular weight is 136 g/mol. The van der Waals surface area contributed by atoms with Gasteiger partial charge in [-0.3, -0.25) is 0 Å². The van der Waals surface area contributed by atoms with Crippen LogP contribution in [0.4, 0.5) is 0 Å². The van der Waals surface area contributed by atoms with E-state index in [0.29, 0.717) is 0 Å². The van der Waals surface area contributed by atoms with Gasteiger partial charge in [-0.25, -0.2) is 0 Å². The van der Waals surface area contributed by atoms with Crippen molar-refractivity contribution < 1.29 is 21.7 Å². The van der Waals surface area contributed by atoms with Crippen LogP contribution in [-0.4, -0.2) is 8.80 Å². The van der Waals surface area contributed by atoms with Crippen LogP contribution in [0.1, 0.15) is 0 Å². The van der Waals surface area contributed by atoms with Crippen LogP contribution in [0.15, 0.2) is 0 Å². The Morgan fingerprint density at radius 1 is 1.00 bits per heavy atom. The van der Waals surface area contributed by atoms with Crippen LogP contribution in [-0.2, 0) is 21.7 Å². The quantitative estimate of drug-likeness (QED) is 0.352. The molecule has 0 saturated heterocycles. The van der Waals surface area contributed by atoms with E-state index in [1.807, 2.05) is 0 Å². The molecule has 0 N–H and O–H groups in total. The molecular weight excluding hydrogens is 124 g/mol. The minimum atomic E-state index is 0. The second-order valence-corrected chi connectivity index (χ2v) is 4.50. The van der Waals surface area contributed by atoms with E-state index in [4.69, 9.17) is 0 Å². The number of hydrogen-bond donors (Lipinski definition) is 0. The van der Waals surface area contributed by atoms with Gasteiger partial charge in [0.25, 0.3) is 0 Å². The standard InChI is InChI=1S/C3H9Si.CH3.Ti/c1-4(2)3;;/h1-3H3;1H3;/q;-1;+3. The molecule has 0 aromatic carbocycles. The van der Waals surface area contributed by atoms with Crippen molar-refractivity contribution in [3.8, 4) is 0 Å². The van der Waals surface area contributed by atoms with Gasteiger partial charge in [-0.1, -0.05) is 19.6 Å². The van der Waals surface area contributed by atoms with E-state index >= 15 is 0 Å². The molecule has 0 spiro atoms. The van der Waals surface area contributed by atoms with Crippen molar-refractivity contribution in [3.05, 3.63) is 7.43 Å². The van der Waals surface area contributed by atoms with Crippen LogP contribution in [0, 0.1) is 7.43 Å². The maximum absolute atomic E-state index is 2.27. The van der Waals surface area contributed by atoms with Gasteiger partial charge in [0.15, 0.2) is 0 Å². The molecular formula is C4H12SiTi+2. The van der Waals surface area contributed by atoms with E-state index in [1.54, 1.807) is 0 Å². The fraction of sp³-hybridized carbons (Fsp3) is 0.750. The first kappa shape index (κ1) is 15.8. The number of rotatable bonds is 0. The predicted molar refractivity (Wildman–Crippen MR) is 29.8 cm³/mol. The van der Waals surface area contributed by atoms with Crippen LogP contribution >= 0.6 is 0 Å². The molecule has 34 valence electrons. The second kappa shape index (κ2) is 9.33. The largest absolute Gasteiger partial charge is 3.00 e. The molecule has 0 atom stereocenters. The van der Waals surface area contributed by atoms with Crippen molar-refractivity contribution in [3.63, 3.8) is 0 Å². The maximum Gasteiger partial charge on any atom is 3.00 e. The smallest absolute Gasteiger partial charge is 0.358 e. The van der Waals surface area contributed by atoms with Gasteiger partial charge in [0.1, 0.15) is 0 Å². The van der Waals surface area contributed by atoms with Gasteiger partial charge in [0.2, 0.25) is 0 Å². The first-order valence-electron chi connectivity index (χ1n) is 1.50. The molecule has 0 aromatic rings. The Labute approximate surface area is 57.8 Å². The first-order chi connectivity index (χ1) is 1.73. The van der Waals surface area contributed by atoms with E-state index in [2.05, 4.69) is 19.6 Å². The van der Waals surface area contributed by atoms with Crippen LogP contribution in [0.5, 0.6) is 0 Å². The van der Waals surface area contributed by atoms with Crippen LogP contribution < -0.4 is 0 Å². The monoisotopic (exact) mass is 136 g/mol. The van der Waals surface area contributed by atoms with Crippen molar-refractivity contribution in [1.29, 1.82) is 0 Å². The van der Waals surface area contributed by atoms with Gasteiger partial charge in [-0.2, -0.15) is 0 Å². The van der Waals surface area contributed by atoms with Gasteiger partial charge in [0.05, 0.1) is 0 Å². The van der Waals surface area contributed by atoms with Crippen LogP contribution in [0.25, 0.3) is 0 Å². The Morgan fingerprint density at radius 3 is 1.00 bits per heavy atom. The summed E-state index contributed by atoms with van der Waals surface area (Å²) in [6.45, 7) is 6.81. The third-order valence-electron chi connectivity index (χ3n) is 0. The fourth-order valence-electron chi connectivity index (χ4n) is 0. The zero-order chi connectivity index (χ0) is 3.58. The van der Waals surface area contributed by atoms with Gasteiger partial charge < -0.3 is 7.43 Å².